The quantitative estimate of drug-likeness (QED) is 0.285. The van der Waals surface area contributed by atoms with Gasteiger partial charge in [-0.05, 0) is 18.1 Å². The van der Waals surface area contributed by atoms with E-state index in [1.54, 1.807) is 37.4 Å². The molecule has 2 aromatic carbocycles. The van der Waals surface area contributed by atoms with Crippen LogP contribution in [-0.4, -0.2) is 16.7 Å². The number of aromatic nitrogens is 1. The summed E-state index contributed by atoms with van der Waals surface area (Å²) in [4.78, 5) is 4.34. The number of benzene rings is 2. The minimum absolute atomic E-state index is 0.000255. The average molecular weight is 436 g/mol. The average Bonchev–Trinajstić information content (AvgIpc) is 2.79. The van der Waals surface area contributed by atoms with Crippen LogP contribution in [-0.2, 0) is 31.2 Å². The van der Waals surface area contributed by atoms with Crippen molar-refractivity contribution in [1.82, 2.24) is 4.98 Å². The zero-order valence-corrected chi connectivity index (χ0v) is 17.8. The van der Waals surface area contributed by atoms with E-state index in [2.05, 4.69) is 4.98 Å². The van der Waals surface area contributed by atoms with Gasteiger partial charge in [-0.2, -0.15) is 0 Å². The lowest BCUT2D eigenvalue weighted by atomic mass is 10.1. The van der Waals surface area contributed by atoms with Crippen molar-refractivity contribution in [2.45, 2.75) is 33.4 Å². The van der Waals surface area contributed by atoms with Crippen LogP contribution < -0.4 is 16.2 Å². The van der Waals surface area contributed by atoms with Gasteiger partial charge in [-0.3, -0.25) is 15.8 Å². The number of nitrogens with two attached hydrogens (primary N) is 2. The van der Waals surface area contributed by atoms with Gasteiger partial charge in [0.1, 0.15) is 30.7 Å². The molecule has 0 fully saturated rings. The van der Waals surface area contributed by atoms with Gasteiger partial charge in [0.15, 0.2) is 0 Å². The molecular weight excluding hydrogens is 409 g/mol. The van der Waals surface area contributed by atoms with Crippen molar-refractivity contribution >= 4 is 11.7 Å². The van der Waals surface area contributed by atoms with Gasteiger partial charge in [0.05, 0.1) is 18.9 Å². The van der Waals surface area contributed by atoms with Crippen molar-refractivity contribution in [2.75, 3.05) is 0 Å². The summed E-state index contributed by atoms with van der Waals surface area (Å²) in [7, 11) is 0. The van der Waals surface area contributed by atoms with Crippen LogP contribution in [0.1, 0.15) is 39.1 Å². The van der Waals surface area contributed by atoms with Gasteiger partial charge in [-0.15, -0.1) is 0 Å². The van der Waals surface area contributed by atoms with Gasteiger partial charge < -0.3 is 20.9 Å². The van der Waals surface area contributed by atoms with E-state index < -0.39 is 6.67 Å². The molecule has 0 aliphatic heterocycles. The maximum Gasteiger partial charge on any atom is 0.147 e. The minimum atomic E-state index is -0.700. The lowest BCUT2D eigenvalue weighted by Crippen LogP contribution is -2.11. The fraction of sp³-hybridized carbons (Fsp3) is 0.208. The predicted molar refractivity (Wildman–Crippen MR) is 122 cm³/mol. The Balaban J connectivity index is 1.66. The zero-order valence-electron chi connectivity index (χ0n) is 17.8. The van der Waals surface area contributed by atoms with Gasteiger partial charge in [0, 0.05) is 28.5 Å². The van der Waals surface area contributed by atoms with E-state index in [1.165, 1.54) is 0 Å². The number of hydrogen-bond donors (Lipinski definition) is 4. The molecule has 166 valence electrons. The number of alkyl halides is 1. The fourth-order valence-corrected chi connectivity index (χ4v) is 3.13. The fourth-order valence-electron chi connectivity index (χ4n) is 3.13. The number of nitrogen functional groups attached to an aromatic ring is 2. The zero-order chi connectivity index (χ0) is 23.1. The Morgan fingerprint density at radius 1 is 0.875 bits per heavy atom. The highest BCUT2D eigenvalue weighted by Gasteiger charge is 2.15. The smallest absolute Gasteiger partial charge is 0.147 e. The van der Waals surface area contributed by atoms with Crippen LogP contribution in [0.15, 0.2) is 54.7 Å². The Kier molecular flexibility index (Phi) is 7.51. The Hall–Kier alpha value is -3.78. The highest BCUT2D eigenvalue weighted by Crippen LogP contribution is 2.28. The van der Waals surface area contributed by atoms with Crippen LogP contribution in [0, 0.1) is 17.7 Å². The normalized spacial score (nSPS) is 10.7. The number of ether oxygens (including phenoxy) is 2. The molecule has 0 aliphatic rings. The highest BCUT2D eigenvalue weighted by atomic mass is 19.1. The molecule has 0 amide bonds. The third-order valence-corrected chi connectivity index (χ3v) is 4.98. The summed E-state index contributed by atoms with van der Waals surface area (Å²) in [5.41, 5.74) is 15.7. The molecule has 1 aromatic heterocycles. The van der Waals surface area contributed by atoms with Crippen LogP contribution in [0.3, 0.4) is 0 Å². The molecule has 0 unspecified atom stereocenters. The molecule has 7 nitrogen and oxygen atoms in total. The molecule has 0 atom stereocenters. The molecule has 0 saturated carbocycles. The summed E-state index contributed by atoms with van der Waals surface area (Å²) in [5, 5.41) is 14.9. The second kappa shape index (κ2) is 10.5. The number of amidine groups is 2. The van der Waals surface area contributed by atoms with Gasteiger partial charge in [-0.1, -0.05) is 48.5 Å². The summed E-state index contributed by atoms with van der Waals surface area (Å²) >= 11 is 0. The third kappa shape index (κ3) is 5.67. The highest BCUT2D eigenvalue weighted by molar-refractivity contribution is 5.95. The van der Waals surface area contributed by atoms with Crippen LogP contribution in [0.25, 0.3) is 0 Å². The van der Waals surface area contributed by atoms with Gasteiger partial charge in [0.2, 0.25) is 0 Å². The number of nitrogens with zero attached hydrogens (tertiary/aromatic N) is 1. The number of hydrogen-bond acceptors (Lipinski definition) is 5. The molecule has 8 heteroatoms. The van der Waals surface area contributed by atoms with Crippen molar-refractivity contribution in [3.8, 4) is 5.75 Å². The standard InChI is InChI=1S/C24H26FN5O2/c1-15-22(32-13-17-4-8-19(9-5-17)24(28)29)21(10-25)20(11-30-15)14-31-12-16-2-6-18(7-3-16)23(26)27/h2-9,11H,10,12-14H2,1H3,(H3,26,27)(H3,28,29). The number of rotatable bonds is 10. The summed E-state index contributed by atoms with van der Waals surface area (Å²) in [6.45, 7) is 1.82. The Labute approximate surface area is 186 Å². The lowest BCUT2D eigenvalue weighted by molar-refractivity contribution is 0.105. The Morgan fingerprint density at radius 3 is 1.91 bits per heavy atom. The maximum absolute atomic E-state index is 13.9. The third-order valence-electron chi connectivity index (χ3n) is 4.98. The minimum Gasteiger partial charge on any atom is -0.487 e. The summed E-state index contributed by atoms with van der Waals surface area (Å²) in [6.07, 6.45) is 1.61. The summed E-state index contributed by atoms with van der Waals surface area (Å²) in [5.74, 6) is 0.424. The molecular formula is C24H26FN5O2. The molecule has 3 rings (SSSR count). The number of nitrogens with one attached hydrogen (secondary N) is 2. The molecule has 32 heavy (non-hydrogen) atoms. The first-order valence-electron chi connectivity index (χ1n) is 9.99. The number of pyridine rings is 1. The monoisotopic (exact) mass is 435 g/mol. The topological polar surface area (TPSA) is 131 Å². The van der Waals surface area contributed by atoms with Crippen LogP contribution in [0.4, 0.5) is 4.39 Å². The second-order valence-corrected chi connectivity index (χ2v) is 7.31. The first kappa shape index (κ1) is 22.9. The van der Waals surface area contributed by atoms with E-state index in [1.807, 2.05) is 24.3 Å². The summed E-state index contributed by atoms with van der Waals surface area (Å²) in [6, 6.07) is 14.3. The van der Waals surface area contributed by atoms with Crippen LogP contribution >= 0.6 is 0 Å². The van der Waals surface area contributed by atoms with E-state index in [4.69, 9.17) is 31.8 Å². The SMILES string of the molecule is Cc1ncc(COCc2ccc(C(=N)N)cc2)c(CF)c1OCc1ccc(C(=N)N)cc1. The number of halogens is 1. The van der Waals surface area contributed by atoms with Crippen molar-refractivity contribution in [3.05, 3.63) is 93.8 Å². The van der Waals surface area contributed by atoms with E-state index >= 15 is 0 Å². The molecule has 0 bridgehead atoms. The molecule has 1 heterocycles. The van der Waals surface area contributed by atoms with Crippen LogP contribution in [0.2, 0.25) is 0 Å². The largest absolute Gasteiger partial charge is 0.487 e. The van der Waals surface area contributed by atoms with Crippen molar-refractivity contribution in [2.24, 2.45) is 11.5 Å². The van der Waals surface area contributed by atoms with E-state index in [9.17, 15) is 4.39 Å². The molecule has 6 N–H and O–H groups in total. The molecule has 0 spiro atoms. The summed E-state index contributed by atoms with van der Waals surface area (Å²) < 4.78 is 25.6. The molecule has 3 aromatic rings. The Bertz CT molecular complexity index is 1100. The lowest BCUT2D eigenvalue weighted by Gasteiger charge is -2.16. The van der Waals surface area contributed by atoms with E-state index in [0.717, 1.165) is 11.1 Å². The van der Waals surface area contributed by atoms with Gasteiger partial charge >= 0.3 is 0 Å². The van der Waals surface area contributed by atoms with Crippen molar-refractivity contribution in [1.29, 1.82) is 10.8 Å². The Morgan fingerprint density at radius 2 is 1.41 bits per heavy atom. The molecule has 0 saturated heterocycles. The maximum atomic E-state index is 13.9. The van der Waals surface area contributed by atoms with Gasteiger partial charge in [-0.25, -0.2) is 4.39 Å². The van der Waals surface area contributed by atoms with Crippen molar-refractivity contribution in [3.63, 3.8) is 0 Å². The van der Waals surface area contributed by atoms with E-state index in [-0.39, 0.29) is 24.9 Å². The number of aryl methyl sites for hydroxylation is 1. The molecule has 0 radical (unpaired) electrons. The molecule has 0 aliphatic carbocycles. The first-order chi connectivity index (χ1) is 15.4. The van der Waals surface area contributed by atoms with E-state index in [0.29, 0.717) is 40.3 Å². The predicted octanol–water partition coefficient (Wildman–Crippen LogP) is 3.72. The first-order valence-corrected chi connectivity index (χ1v) is 9.99. The van der Waals surface area contributed by atoms with Crippen molar-refractivity contribution < 1.29 is 13.9 Å². The van der Waals surface area contributed by atoms with Gasteiger partial charge in [0.25, 0.3) is 0 Å². The second-order valence-electron chi connectivity index (χ2n) is 7.31. The van der Waals surface area contributed by atoms with Crippen LogP contribution in [0.5, 0.6) is 5.75 Å².